The van der Waals surface area contributed by atoms with Crippen LogP contribution in [0, 0.1) is 0 Å². The standard InChI is InChI=1S/C4H6N4O2/c1-5-7-4(10-1)8-3-9-2-6-8/h1,6H,2-3H2. The van der Waals surface area contributed by atoms with Gasteiger partial charge in [0.1, 0.15) is 13.5 Å². The lowest BCUT2D eigenvalue weighted by Gasteiger charge is -2.06. The highest BCUT2D eigenvalue weighted by Gasteiger charge is 2.15. The number of rotatable bonds is 1. The van der Waals surface area contributed by atoms with E-state index >= 15 is 0 Å². The van der Waals surface area contributed by atoms with Crippen molar-refractivity contribution in [2.75, 3.05) is 18.5 Å². The fourth-order valence-electron chi connectivity index (χ4n) is 0.714. The number of ether oxygens (including phenoxy) is 1. The molecule has 2 heterocycles. The first kappa shape index (κ1) is 5.63. The summed E-state index contributed by atoms with van der Waals surface area (Å²) < 4.78 is 9.85. The summed E-state index contributed by atoms with van der Waals surface area (Å²) >= 11 is 0. The minimum atomic E-state index is 0.428. The minimum Gasteiger partial charge on any atom is -0.410 e. The quantitative estimate of drug-likeness (QED) is 0.560. The maximum Gasteiger partial charge on any atom is 0.335 e. The van der Waals surface area contributed by atoms with Gasteiger partial charge in [0.05, 0.1) is 0 Å². The Kier molecular flexibility index (Phi) is 1.26. The van der Waals surface area contributed by atoms with E-state index in [9.17, 15) is 0 Å². The molecule has 0 unspecified atom stereocenters. The fourth-order valence-corrected chi connectivity index (χ4v) is 0.714. The van der Waals surface area contributed by atoms with Crippen molar-refractivity contribution in [3.63, 3.8) is 0 Å². The van der Waals surface area contributed by atoms with Crippen LogP contribution in [0.15, 0.2) is 10.8 Å². The van der Waals surface area contributed by atoms with E-state index in [2.05, 4.69) is 15.6 Å². The first-order chi connectivity index (χ1) is 4.97. The third-order valence-electron chi connectivity index (χ3n) is 1.16. The number of nitrogens with zero attached hydrogens (tertiary/aromatic N) is 3. The number of hydrogen-bond donors (Lipinski definition) is 1. The summed E-state index contributed by atoms with van der Waals surface area (Å²) in [7, 11) is 0. The summed E-state index contributed by atoms with van der Waals surface area (Å²) in [5.74, 6) is 0. The fraction of sp³-hybridized carbons (Fsp3) is 0.500. The van der Waals surface area contributed by atoms with Crippen LogP contribution in [0.25, 0.3) is 0 Å². The number of aromatic nitrogens is 2. The van der Waals surface area contributed by atoms with E-state index in [4.69, 9.17) is 9.15 Å². The van der Waals surface area contributed by atoms with Crippen molar-refractivity contribution in [3.8, 4) is 0 Å². The largest absolute Gasteiger partial charge is 0.410 e. The highest BCUT2D eigenvalue weighted by Crippen LogP contribution is 2.07. The van der Waals surface area contributed by atoms with E-state index in [0.29, 0.717) is 19.5 Å². The highest BCUT2D eigenvalue weighted by atomic mass is 16.5. The monoisotopic (exact) mass is 142 g/mol. The van der Waals surface area contributed by atoms with Crippen LogP contribution in [-0.2, 0) is 4.74 Å². The van der Waals surface area contributed by atoms with E-state index in [-0.39, 0.29) is 0 Å². The summed E-state index contributed by atoms with van der Waals surface area (Å²) in [6.07, 6.45) is 1.27. The molecule has 0 radical (unpaired) electrons. The van der Waals surface area contributed by atoms with Crippen molar-refractivity contribution in [2.45, 2.75) is 0 Å². The first-order valence-electron chi connectivity index (χ1n) is 2.82. The lowest BCUT2D eigenvalue weighted by Crippen LogP contribution is -2.30. The summed E-state index contributed by atoms with van der Waals surface area (Å²) in [6, 6.07) is 0.428. The molecule has 0 aromatic carbocycles. The average molecular weight is 142 g/mol. The molecule has 6 heteroatoms. The van der Waals surface area contributed by atoms with Crippen LogP contribution in [0.3, 0.4) is 0 Å². The van der Waals surface area contributed by atoms with E-state index in [0.717, 1.165) is 0 Å². The average Bonchev–Trinajstić information content (AvgIpc) is 2.59. The van der Waals surface area contributed by atoms with Gasteiger partial charge < -0.3 is 9.15 Å². The Labute approximate surface area is 56.8 Å². The molecule has 0 spiro atoms. The third-order valence-corrected chi connectivity index (χ3v) is 1.16. The Morgan fingerprint density at radius 3 is 3.30 bits per heavy atom. The zero-order valence-corrected chi connectivity index (χ0v) is 5.15. The number of hydrogen-bond acceptors (Lipinski definition) is 6. The number of hydrazine groups is 1. The molecular weight excluding hydrogens is 136 g/mol. The van der Waals surface area contributed by atoms with Crippen molar-refractivity contribution in [2.24, 2.45) is 0 Å². The van der Waals surface area contributed by atoms with Crippen LogP contribution in [0.5, 0.6) is 0 Å². The van der Waals surface area contributed by atoms with Gasteiger partial charge in [0.15, 0.2) is 0 Å². The molecule has 0 aliphatic carbocycles. The van der Waals surface area contributed by atoms with Gasteiger partial charge in [-0.15, -0.1) is 5.10 Å². The number of anilines is 1. The van der Waals surface area contributed by atoms with E-state index in [1.54, 1.807) is 5.01 Å². The normalized spacial score (nSPS) is 18.2. The molecular formula is C4H6N4O2. The lowest BCUT2D eigenvalue weighted by atomic mass is 11.0. The van der Waals surface area contributed by atoms with Gasteiger partial charge in [-0.25, -0.2) is 10.4 Å². The maximum absolute atomic E-state index is 4.97. The third kappa shape index (κ3) is 0.829. The minimum absolute atomic E-state index is 0.428. The zero-order valence-electron chi connectivity index (χ0n) is 5.15. The first-order valence-corrected chi connectivity index (χ1v) is 2.82. The molecule has 0 bridgehead atoms. The Morgan fingerprint density at radius 1 is 1.70 bits per heavy atom. The smallest absolute Gasteiger partial charge is 0.335 e. The van der Waals surface area contributed by atoms with Crippen LogP contribution < -0.4 is 10.4 Å². The van der Waals surface area contributed by atoms with Crippen molar-refractivity contribution < 1.29 is 9.15 Å². The van der Waals surface area contributed by atoms with Crippen molar-refractivity contribution in [1.29, 1.82) is 0 Å². The molecule has 10 heavy (non-hydrogen) atoms. The topological polar surface area (TPSA) is 63.4 Å². The molecule has 1 saturated heterocycles. The molecule has 1 aliphatic heterocycles. The summed E-state index contributed by atoms with van der Waals surface area (Å²) in [5.41, 5.74) is 2.87. The van der Waals surface area contributed by atoms with Crippen LogP contribution in [0.4, 0.5) is 6.01 Å². The Hall–Kier alpha value is -1.14. The maximum atomic E-state index is 4.97. The molecule has 1 fully saturated rings. The van der Waals surface area contributed by atoms with Crippen LogP contribution in [-0.4, -0.2) is 23.7 Å². The van der Waals surface area contributed by atoms with Crippen molar-refractivity contribution in [1.82, 2.24) is 15.6 Å². The molecule has 54 valence electrons. The van der Waals surface area contributed by atoms with Crippen LogP contribution in [0.1, 0.15) is 0 Å². The van der Waals surface area contributed by atoms with Gasteiger partial charge in [-0.05, 0) is 0 Å². The summed E-state index contributed by atoms with van der Waals surface area (Å²) in [6.45, 7) is 0.935. The van der Waals surface area contributed by atoms with Gasteiger partial charge in [0.25, 0.3) is 0 Å². The molecule has 0 atom stereocenters. The Bertz CT molecular complexity index is 193. The van der Waals surface area contributed by atoms with Crippen LogP contribution in [0.2, 0.25) is 0 Å². The predicted octanol–water partition coefficient (Wildman–Crippen LogP) is -0.674. The predicted molar refractivity (Wildman–Crippen MR) is 30.7 cm³/mol. The van der Waals surface area contributed by atoms with E-state index < -0.39 is 0 Å². The Balaban J connectivity index is 2.12. The molecule has 1 aromatic heterocycles. The summed E-state index contributed by atoms with van der Waals surface area (Å²) in [4.78, 5) is 0. The molecule has 6 nitrogen and oxygen atoms in total. The second kappa shape index (κ2) is 2.24. The molecule has 2 rings (SSSR count). The second-order valence-corrected chi connectivity index (χ2v) is 1.79. The number of nitrogens with one attached hydrogen (secondary N) is 1. The van der Waals surface area contributed by atoms with E-state index in [1.165, 1.54) is 6.39 Å². The molecule has 0 amide bonds. The lowest BCUT2D eigenvalue weighted by molar-refractivity contribution is 0.192. The Morgan fingerprint density at radius 2 is 2.70 bits per heavy atom. The molecule has 0 saturated carbocycles. The van der Waals surface area contributed by atoms with Gasteiger partial charge in [0.2, 0.25) is 6.39 Å². The second-order valence-electron chi connectivity index (χ2n) is 1.79. The van der Waals surface area contributed by atoms with Gasteiger partial charge in [-0.1, -0.05) is 5.10 Å². The highest BCUT2D eigenvalue weighted by molar-refractivity contribution is 5.19. The SMILES string of the molecule is c1nnc(N2COCN2)o1. The van der Waals surface area contributed by atoms with Crippen molar-refractivity contribution in [3.05, 3.63) is 6.39 Å². The van der Waals surface area contributed by atoms with Gasteiger partial charge >= 0.3 is 6.01 Å². The van der Waals surface area contributed by atoms with Gasteiger partial charge in [-0.2, -0.15) is 0 Å². The summed E-state index contributed by atoms with van der Waals surface area (Å²) in [5, 5.41) is 8.81. The van der Waals surface area contributed by atoms with Gasteiger partial charge in [0, 0.05) is 0 Å². The van der Waals surface area contributed by atoms with Crippen LogP contribution >= 0.6 is 0 Å². The van der Waals surface area contributed by atoms with Gasteiger partial charge in [-0.3, -0.25) is 0 Å². The van der Waals surface area contributed by atoms with Crippen molar-refractivity contribution >= 4 is 6.01 Å². The zero-order chi connectivity index (χ0) is 6.81. The van der Waals surface area contributed by atoms with E-state index in [1.807, 2.05) is 0 Å². The molecule has 1 aromatic rings. The molecule has 1 N–H and O–H groups in total. The molecule has 1 aliphatic rings.